The van der Waals surface area contributed by atoms with Crippen molar-refractivity contribution >= 4 is 22.9 Å². The maximum Gasteiger partial charge on any atom is 0.105 e. The highest BCUT2D eigenvalue weighted by Crippen LogP contribution is 2.25. The minimum atomic E-state index is -0.569. The molecule has 1 heterocycles. The third kappa shape index (κ3) is 1.98. The molecule has 1 atom stereocenters. The Morgan fingerprint density at radius 3 is 2.71 bits per heavy atom. The topological polar surface area (TPSA) is 20.2 Å². The van der Waals surface area contributed by atoms with Crippen LogP contribution >= 0.6 is 22.9 Å². The van der Waals surface area contributed by atoms with Crippen LogP contribution in [0.25, 0.3) is 0 Å². The molecule has 0 saturated heterocycles. The third-order valence-corrected chi connectivity index (χ3v) is 2.96. The van der Waals surface area contributed by atoms with Crippen LogP contribution in [0, 0.1) is 0 Å². The van der Waals surface area contributed by atoms with Crippen LogP contribution in [0.5, 0.6) is 0 Å². The van der Waals surface area contributed by atoms with Crippen LogP contribution in [0.4, 0.5) is 0 Å². The molecule has 0 spiro atoms. The molecule has 0 fully saturated rings. The Morgan fingerprint density at radius 2 is 2.07 bits per heavy atom. The quantitative estimate of drug-likeness (QED) is 0.828. The van der Waals surface area contributed by atoms with Crippen LogP contribution in [-0.2, 0) is 0 Å². The number of aliphatic hydroxyl groups is 1. The van der Waals surface area contributed by atoms with E-state index in [1.54, 1.807) is 23.5 Å². The van der Waals surface area contributed by atoms with Crippen molar-refractivity contribution in [1.29, 1.82) is 0 Å². The number of thiophene rings is 1. The minimum absolute atomic E-state index is 0.569. The summed E-state index contributed by atoms with van der Waals surface area (Å²) in [5.74, 6) is 0. The molecule has 0 aliphatic heterocycles. The highest BCUT2D eigenvalue weighted by Gasteiger charge is 2.10. The predicted molar refractivity (Wildman–Crippen MR) is 59.8 cm³/mol. The maximum atomic E-state index is 9.95. The highest BCUT2D eigenvalue weighted by atomic mass is 35.5. The van der Waals surface area contributed by atoms with Gasteiger partial charge >= 0.3 is 0 Å². The standard InChI is InChI=1S/C11H9ClOS/c12-10-3-1-2-8(6-10)11(13)9-4-5-14-7-9/h1-7,11,13H. The molecule has 0 bridgehead atoms. The molecule has 1 aromatic carbocycles. The van der Waals surface area contributed by atoms with E-state index in [0.29, 0.717) is 5.02 Å². The highest BCUT2D eigenvalue weighted by molar-refractivity contribution is 7.07. The van der Waals surface area contributed by atoms with E-state index in [9.17, 15) is 5.11 Å². The van der Waals surface area contributed by atoms with E-state index in [4.69, 9.17) is 11.6 Å². The van der Waals surface area contributed by atoms with E-state index >= 15 is 0 Å². The summed E-state index contributed by atoms with van der Waals surface area (Å²) in [7, 11) is 0. The second-order valence-electron chi connectivity index (χ2n) is 3.01. The Kier molecular flexibility index (Phi) is 2.87. The first kappa shape index (κ1) is 9.71. The normalized spacial score (nSPS) is 12.7. The van der Waals surface area contributed by atoms with Gasteiger partial charge in [-0.05, 0) is 40.1 Å². The van der Waals surface area contributed by atoms with Crippen molar-refractivity contribution < 1.29 is 5.11 Å². The number of aliphatic hydroxyl groups excluding tert-OH is 1. The van der Waals surface area contributed by atoms with E-state index in [1.165, 1.54) is 0 Å². The zero-order valence-corrected chi connectivity index (χ0v) is 8.92. The molecule has 1 aromatic heterocycles. The Morgan fingerprint density at radius 1 is 1.21 bits per heavy atom. The monoisotopic (exact) mass is 224 g/mol. The molecular weight excluding hydrogens is 216 g/mol. The average molecular weight is 225 g/mol. The molecule has 0 aliphatic rings. The van der Waals surface area contributed by atoms with Crippen LogP contribution in [0.1, 0.15) is 17.2 Å². The molecule has 0 amide bonds. The van der Waals surface area contributed by atoms with Gasteiger partial charge in [-0.25, -0.2) is 0 Å². The zero-order valence-electron chi connectivity index (χ0n) is 7.35. The van der Waals surface area contributed by atoms with Crippen molar-refractivity contribution in [3.63, 3.8) is 0 Å². The van der Waals surface area contributed by atoms with E-state index < -0.39 is 6.10 Å². The van der Waals surface area contributed by atoms with E-state index in [0.717, 1.165) is 11.1 Å². The fourth-order valence-corrected chi connectivity index (χ4v) is 2.18. The molecule has 1 N–H and O–H groups in total. The van der Waals surface area contributed by atoms with Crippen molar-refractivity contribution in [2.75, 3.05) is 0 Å². The Hall–Kier alpha value is -0.830. The lowest BCUT2D eigenvalue weighted by Gasteiger charge is -2.08. The summed E-state index contributed by atoms with van der Waals surface area (Å²) in [6.45, 7) is 0. The summed E-state index contributed by atoms with van der Waals surface area (Å²) in [5.41, 5.74) is 1.74. The van der Waals surface area contributed by atoms with Gasteiger partial charge in [-0.2, -0.15) is 11.3 Å². The molecule has 3 heteroatoms. The van der Waals surface area contributed by atoms with Gasteiger partial charge in [0.25, 0.3) is 0 Å². The van der Waals surface area contributed by atoms with Gasteiger partial charge < -0.3 is 5.11 Å². The molecule has 0 saturated carbocycles. The van der Waals surface area contributed by atoms with Crippen molar-refractivity contribution in [1.82, 2.24) is 0 Å². The number of halogens is 1. The second kappa shape index (κ2) is 4.13. The van der Waals surface area contributed by atoms with Gasteiger partial charge in [0.2, 0.25) is 0 Å². The summed E-state index contributed by atoms with van der Waals surface area (Å²) in [6.07, 6.45) is -0.569. The first-order valence-electron chi connectivity index (χ1n) is 4.23. The smallest absolute Gasteiger partial charge is 0.105 e. The molecule has 0 radical (unpaired) electrons. The third-order valence-electron chi connectivity index (χ3n) is 2.02. The Labute approximate surface area is 91.6 Å². The van der Waals surface area contributed by atoms with Crippen LogP contribution in [0.2, 0.25) is 5.02 Å². The van der Waals surface area contributed by atoms with Gasteiger partial charge in [-0.1, -0.05) is 23.7 Å². The van der Waals surface area contributed by atoms with Crippen LogP contribution in [0.15, 0.2) is 41.1 Å². The Balaban J connectivity index is 2.32. The van der Waals surface area contributed by atoms with Gasteiger partial charge in [-0.3, -0.25) is 0 Å². The molecule has 2 rings (SSSR count). The van der Waals surface area contributed by atoms with Gasteiger partial charge in [0.1, 0.15) is 6.10 Å². The van der Waals surface area contributed by atoms with Gasteiger partial charge in [0.05, 0.1) is 0 Å². The fourth-order valence-electron chi connectivity index (χ4n) is 1.30. The van der Waals surface area contributed by atoms with E-state index in [-0.39, 0.29) is 0 Å². The van der Waals surface area contributed by atoms with Crippen LogP contribution in [-0.4, -0.2) is 5.11 Å². The number of hydrogen-bond donors (Lipinski definition) is 1. The Bertz CT molecular complexity index is 411. The first-order valence-corrected chi connectivity index (χ1v) is 5.55. The maximum absolute atomic E-state index is 9.95. The molecule has 1 unspecified atom stereocenters. The minimum Gasteiger partial charge on any atom is -0.384 e. The SMILES string of the molecule is OC(c1ccsc1)c1cccc(Cl)c1. The van der Waals surface area contributed by atoms with Crippen molar-refractivity contribution in [3.05, 3.63) is 57.2 Å². The lowest BCUT2D eigenvalue weighted by molar-refractivity contribution is 0.221. The van der Waals surface area contributed by atoms with Gasteiger partial charge in [0.15, 0.2) is 0 Å². The van der Waals surface area contributed by atoms with Crippen LogP contribution in [0.3, 0.4) is 0 Å². The molecule has 2 aromatic rings. The lowest BCUT2D eigenvalue weighted by atomic mass is 10.0. The molecule has 14 heavy (non-hydrogen) atoms. The summed E-state index contributed by atoms with van der Waals surface area (Å²) < 4.78 is 0. The van der Waals surface area contributed by atoms with Crippen molar-refractivity contribution in [2.24, 2.45) is 0 Å². The fraction of sp³-hybridized carbons (Fsp3) is 0.0909. The first-order chi connectivity index (χ1) is 6.77. The number of hydrogen-bond acceptors (Lipinski definition) is 2. The lowest BCUT2D eigenvalue weighted by Crippen LogP contribution is -1.97. The average Bonchev–Trinajstić information content (AvgIpc) is 2.69. The summed E-state index contributed by atoms with van der Waals surface area (Å²) in [6, 6.07) is 9.20. The summed E-state index contributed by atoms with van der Waals surface area (Å²) in [4.78, 5) is 0. The van der Waals surface area contributed by atoms with Crippen molar-refractivity contribution in [3.8, 4) is 0 Å². The van der Waals surface area contributed by atoms with Crippen LogP contribution < -0.4 is 0 Å². The number of rotatable bonds is 2. The van der Waals surface area contributed by atoms with Gasteiger partial charge in [0, 0.05) is 5.02 Å². The molecule has 1 nitrogen and oxygen atoms in total. The van der Waals surface area contributed by atoms with Gasteiger partial charge in [-0.15, -0.1) is 0 Å². The molecule has 0 aliphatic carbocycles. The second-order valence-corrected chi connectivity index (χ2v) is 4.23. The molecular formula is C11H9ClOS. The largest absolute Gasteiger partial charge is 0.384 e. The summed E-state index contributed by atoms with van der Waals surface area (Å²) >= 11 is 7.42. The van der Waals surface area contributed by atoms with E-state index in [1.807, 2.05) is 29.0 Å². The predicted octanol–water partition coefficient (Wildman–Crippen LogP) is 3.48. The number of benzene rings is 1. The van der Waals surface area contributed by atoms with Crippen molar-refractivity contribution in [2.45, 2.75) is 6.10 Å². The summed E-state index contributed by atoms with van der Waals surface area (Å²) in [5, 5.41) is 14.5. The zero-order chi connectivity index (χ0) is 9.97. The van der Waals surface area contributed by atoms with E-state index in [2.05, 4.69) is 0 Å². The molecule has 72 valence electrons.